The van der Waals surface area contributed by atoms with Gasteiger partial charge in [0.15, 0.2) is 0 Å². The van der Waals surface area contributed by atoms with Gasteiger partial charge in [-0.25, -0.2) is 4.90 Å². The molecular weight excluding hydrogens is 615 g/mol. The number of benzene rings is 7. The van der Waals surface area contributed by atoms with Crippen molar-refractivity contribution in [2.24, 2.45) is 0 Å². The van der Waals surface area contributed by atoms with Gasteiger partial charge in [0, 0.05) is 27.3 Å². The number of carbonyl (C=O) groups is 2. The number of para-hydroxylation sites is 2. The van der Waals surface area contributed by atoms with Crippen molar-refractivity contribution >= 4 is 60.6 Å². The number of carbonyl (C=O) groups excluding carboxylic acids is 2. The van der Waals surface area contributed by atoms with Crippen molar-refractivity contribution in [2.75, 3.05) is 4.90 Å². The van der Waals surface area contributed by atoms with E-state index in [4.69, 9.17) is 4.74 Å². The summed E-state index contributed by atoms with van der Waals surface area (Å²) in [4.78, 5) is 30.6. The van der Waals surface area contributed by atoms with Crippen LogP contribution in [-0.4, -0.2) is 11.8 Å². The van der Waals surface area contributed by atoms with Gasteiger partial charge in [0.2, 0.25) is 0 Å². The summed E-state index contributed by atoms with van der Waals surface area (Å²) in [6.07, 6.45) is 0. The average molecular weight is 658 g/mol. The maximum atomic E-state index is 14.6. The number of hydrogen-bond acceptors (Lipinski definition) is 3. The fraction of sp³-hybridized carbons (Fsp3) is 0.261. The number of fused-ring (bicyclic) bond motifs is 2. The molecular formula is C46H43NO3. The molecule has 7 aromatic carbocycles. The van der Waals surface area contributed by atoms with E-state index < -0.39 is 0 Å². The minimum Gasteiger partial charge on any atom is -0.456 e. The third-order valence-electron chi connectivity index (χ3n) is 10.7. The molecule has 8 rings (SSSR count). The molecule has 0 atom stereocenters. The summed E-state index contributed by atoms with van der Waals surface area (Å²) in [6, 6.07) is 31.2. The first-order valence-electron chi connectivity index (χ1n) is 18.0. The summed E-state index contributed by atoms with van der Waals surface area (Å²) in [5.74, 6) is 2.14. The molecule has 0 unspecified atom stereocenters. The average Bonchev–Trinajstić information content (AvgIpc) is 3.10. The SMILES string of the molecule is CC(C)c1cccc(C(C)C)c1Oc1ccc2c3ccc4c5c(ccc(c6cccc1c62)c53)C(=O)N(c1c(C(C)C)cccc1C(C)C)C4=O. The quantitative estimate of drug-likeness (QED) is 0.0973. The maximum absolute atomic E-state index is 14.6. The minimum absolute atomic E-state index is 0.141. The van der Waals surface area contributed by atoms with Crippen molar-refractivity contribution in [1.82, 2.24) is 0 Å². The second kappa shape index (κ2) is 11.7. The first-order valence-corrected chi connectivity index (χ1v) is 18.0. The zero-order valence-corrected chi connectivity index (χ0v) is 30.1. The van der Waals surface area contributed by atoms with E-state index in [1.165, 1.54) is 16.0 Å². The Hall–Kier alpha value is -5.22. The molecule has 0 bridgehead atoms. The van der Waals surface area contributed by atoms with Crippen molar-refractivity contribution in [1.29, 1.82) is 0 Å². The monoisotopic (exact) mass is 657 g/mol. The second-order valence-corrected chi connectivity index (χ2v) is 15.1. The molecule has 0 aliphatic carbocycles. The Labute approximate surface area is 294 Å². The van der Waals surface area contributed by atoms with Crippen molar-refractivity contribution in [2.45, 2.75) is 79.1 Å². The van der Waals surface area contributed by atoms with E-state index in [1.807, 2.05) is 30.3 Å². The molecule has 0 saturated carbocycles. The topological polar surface area (TPSA) is 46.6 Å². The van der Waals surface area contributed by atoms with Gasteiger partial charge in [-0.15, -0.1) is 0 Å². The van der Waals surface area contributed by atoms with Crippen LogP contribution in [0.25, 0.3) is 43.1 Å². The van der Waals surface area contributed by atoms with Crippen molar-refractivity contribution in [3.05, 3.63) is 124 Å². The van der Waals surface area contributed by atoms with Gasteiger partial charge in [-0.1, -0.05) is 122 Å². The van der Waals surface area contributed by atoms with E-state index in [0.717, 1.165) is 71.4 Å². The highest BCUT2D eigenvalue weighted by atomic mass is 16.5. The lowest BCUT2D eigenvalue weighted by Crippen LogP contribution is -2.41. The van der Waals surface area contributed by atoms with Gasteiger partial charge >= 0.3 is 0 Å². The highest BCUT2D eigenvalue weighted by Gasteiger charge is 2.38. The van der Waals surface area contributed by atoms with Crippen LogP contribution in [0.4, 0.5) is 5.69 Å². The second-order valence-electron chi connectivity index (χ2n) is 15.1. The predicted octanol–water partition coefficient (Wildman–Crippen LogP) is 12.8. The Morgan fingerprint density at radius 1 is 0.440 bits per heavy atom. The maximum Gasteiger partial charge on any atom is 0.266 e. The van der Waals surface area contributed by atoms with Crippen LogP contribution in [0.3, 0.4) is 0 Å². The lowest BCUT2D eigenvalue weighted by molar-refractivity contribution is 0.0893. The van der Waals surface area contributed by atoms with Crippen LogP contribution in [0.1, 0.15) is 122 Å². The van der Waals surface area contributed by atoms with Gasteiger partial charge < -0.3 is 4.74 Å². The molecule has 0 fully saturated rings. The van der Waals surface area contributed by atoms with Crippen LogP contribution >= 0.6 is 0 Å². The molecule has 0 spiro atoms. The highest BCUT2D eigenvalue weighted by Crippen LogP contribution is 2.48. The van der Waals surface area contributed by atoms with E-state index in [9.17, 15) is 9.59 Å². The molecule has 7 aromatic rings. The number of ether oxygens (including phenoxy) is 1. The highest BCUT2D eigenvalue weighted by molar-refractivity contribution is 6.42. The molecule has 0 radical (unpaired) electrons. The van der Waals surface area contributed by atoms with Gasteiger partial charge in [0.05, 0.1) is 5.69 Å². The molecule has 4 nitrogen and oxygen atoms in total. The summed E-state index contributed by atoms with van der Waals surface area (Å²) in [5, 5.41) is 8.08. The molecule has 2 amide bonds. The standard InChI is InChI=1S/C46H43NO3/c1-24(2)28-12-9-13-29(25(3)4)43(28)47-45(48)37-20-18-34-32-16-11-17-36-39(50-44-30(26(5)6)14-10-15-31(44)27(7)8)23-22-33(40(32)36)35-19-21-38(46(47)49)42(37)41(34)35/h9-27H,1-8H3. The van der Waals surface area contributed by atoms with Crippen LogP contribution in [0.15, 0.2) is 91.0 Å². The zero-order valence-electron chi connectivity index (χ0n) is 30.1. The van der Waals surface area contributed by atoms with Crippen molar-refractivity contribution < 1.29 is 14.3 Å². The predicted molar refractivity (Wildman–Crippen MR) is 208 cm³/mol. The number of anilines is 1. The molecule has 1 heterocycles. The molecule has 250 valence electrons. The van der Waals surface area contributed by atoms with E-state index in [0.29, 0.717) is 23.0 Å². The Morgan fingerprint density at radius 2 is 0.860 bits per heavy atom. The van der Waals surface area contributed by atoms with Gasteiger partial charge in [0.25, 0.3) is 11.8 Å². The van der Waals surface area contributed by atoms with Gasteiger partial charge in [-0.3, -0.25) is 9.59 Å². The van der Waals surface area contributed by atoms with Crippen molar-refractivity contribution in [3.8, 4) is 11.5 Å². The van der Waals surface area contributed by atoms with Crippen LogP contribution < -0.4 is 9.64 Å². The Morgan fingerprint density at radius 3 is 1.38 bits per heavy atom. The first kappa shape index (κ1) is 32.0. The number of hydrogen-bond donors (Lipinski definition) is 0. The molecule has 0 saturated heterocycles. The fourth-order valence-corrected chi connectivity index (χ4v) is 8.24. The minimum atomic E-state index is -0.265. The molecule has 0 aromatic heterocycles. The molecule has 0 N–H and O–H groups in total. The number of rotatable bonds is 7. The van der Waals surface area contributed by atoms with Crippen LogP contribution in [0.2, 0.25) is 0 Å². The van der Waals surface area contributed by atoms with Crippen LogP contribution in [0, 0.1) is 0 Å². The van der Waals surface area contributed by atoms with E-state index in [2.05, 4.69) is 116 Å². The van der Waals surface area contributed by atoms with Gasteiger partial charge in [-0.2, -0.15) is 0 Å². The molecule has 1 aliphatic heterocycles. The zero-order chi connectivity index (χ0) is 35.2. The summed E-state index contributed by atoms with van der Waals surface area (Å²) in [6.45, 7) is 17.3. The number of nitrogens with zero attached hydrogens (tertiary/aromatic N) is 1. The number of imide groups is 1. The Kier molecular flexibility index (Phi) is 7.49. The third kappa shape index (κ3) is 4.57. The smallest absolute Gasteiger partial charge is 0.266 e. The van der Waals surface area contributed by atoms with Crippen molar-refractivity contribution in [3.63, 3.8) is 0 Å². The lowest BCUT2D eigenvalue weighted by atomic mass is 9.84. The largest absolute Gasteiger partial charge is 0.456 e. The number of amides is 2. The molecule has 4 heteroatoms. The fourth-order valence-electron chi connectivity index (χ4n) is 8.24. The summed E-state index contributed by atoms with van der Waals surface area (Å²) in [5.41, 5.74) is 6.26. The molecule has 1 aliphatic rings. The normalized spacial score (nSPS) is 13.6. The Bertz CT molecular complexity index is 2400. The van der Waals surface area contributed by atoms with Crippen LogP contribution in [0.5, 0.6) is 11.5 Å². The first-order chi connectivity index (χ1) is 24.0. The van der Waals surface area contributed by atoms with E-state index in [1.54, 1.807) is 0 Å². The van der Waals surface area contributed by atoms with E-state index >= 15 is 0 Å². The molecule has 50 heavy (non-hydrogen) atoms. The van der Waals surface area contributed by atoms with Gasteiger partial charge in [0.1, 0.15) is 11.5 Å². The third-order valence-corrected chi connectivity index (χ3v) is 10.7. The van der Waals surface area contributed by atoms with Crippen LogP contribution in [-0.2, 0) is 0 Å². The summed E-state index contributed by atoms with van der Waals surface area (Å²) < 4.78 is 6.92. The lowest BCUT2D eigenvalue weighted by Gasteiger charge is -2.32. The Balaban J connectivity index is 1.36. The summed E-state index contributed by atoms with van der Waals surface area (Å²) >= 11 is 0. The van der Waals surface area contributed by atoms with Gasteiger partial charge in [-0.05, 0) is 97.1 Å². The summed E-state index contributed by atoms with van der Waals surface area (Å²) in [7, 11) is 0. The van der Waals surface area contributed by atoms with E-state index in [-0.39, 0.29) is 23.7 Å².